The second-order valence-electron chi connectivity index (χ2n) is 10.9. The predicted molar refractivity (Wildman–Crippen MR) is 136 cm³/mol. The number of pyridine rings is 1. The van der Waals surface area contributed by atoms with E-state index in [1.807, 2.05) is 84.1 Å². The van der Waals surface area contributed by atoms with E-state index in [9.17, 15) is 10.2 Å². The monoisotopic (exact) mass is 639 g/mol. The van der Waals surface area contributed by atoms with Gasteiger partial charge in [0.15, 0.2) is 0 Å². The zero-order chi connectivity index (χ0) is 24.4. The van der Waals surface area contributed by atoms with Crippen molar-refractivity contribution >= 4 is 21.9 Å². The van der Waals surface area contributed by atoms with Crippen LogP contribution in [-0.4, -0.2) is 27.4 Å². The molecule has 2 atom stereocenters. The summed E-state index contributed by atoms with van der Waals surface area (Å²) in [6.07, 6.45) is 1.39. The smallest absolute Gasteiger partial charge is 0.120 e. The Kier molecular flexibility index (Phi) is 9.23. The van der Waals surface area contributed by atoms with E-state index >= 15 is 0 Å². The van der Waals surface area contributed by atoms with Gasteiger partial charge >= 0.3 is 0 Å². The SMILES string of the molecule is CC(C)(C)C(O)CC(O)C(C)(C)C.Cc1ccnc(-c2[c-]ccc3c2oc2ccccc23)c1.[Ir]. The Morgan fingerprint density at radius 1 is 0.912 bits per heavy atom. The van der Waals surface area contributed by atoms with Crippen molar-refractivity contribution in [2.75, 3.05) is 0 Å². The minimum Gasteiger partial charge on any atom is -0.501 e. The number of aliphatic hydroxyl groups is 2. The van der Waals surface area contributed by atoms with Crippen molar-refractivity contribution < 1.29 is 34.7 Å². The van der Waals surface area contributed by atoms with Gasteiger partial charge in [0.1, 0.15) is 5.58 Å². The molecule has 185 valence electrons. The van der Waals surface area contributed by atoms with E-state index in [4.69, 9.17) is 4.42 Å². The van der Waals surface area contributed by atoms with E-state index in [0.717, 1.165) is 33.2 Å². The molecule has 5 heteroatoms. The van der Waals surface area contributed by atoms with Crippen LogP contribution in [0.5, 0.6) is 0 Å². The van der Waals surface area contributed by atoms with E-state index in [2.05, 4.69) is 30.1 Å². The molecule has 0 spiro atoms. The summed E-state index contributed by atoms with van der Waals surface area (Å²) in [5, 5.41) is 21.8. The number of benzene rings is 2. The fraction of sp³-hybridized carbons (Fsp3) is 0.414. The summed E-state index contributed by atoms with van der Waals surface area (Å²) in [4.78, 5) is 4.44. The molecule has 2 aromatic carbocycles. The third-order valence-electron chi connectivity index (χ3n) is 5.96. The first-order chi connectivity index (χ1) is 15.4. The zero-order valence-corrected chi connectivity index (χ0v) is 23.5. The van der Waals surface area contributed by atoms with E-state index in [1.54, 1.807) is 0 Å². The van der Waals surface area contributed by atoms with Crippen LogP contribution in [0, 0.1) is 23.8 Å². The molecule has 4 aromatic rings. The maximum absolute atomic E-state index is 9.76. The normalized spacial score (nSPS) is 13.7. The van der Waals surface area contributed by atoms with Crippen molar-refractivity contribution in [3.63, 3.8) is 0 Å². The minimum absolute atomic E-state index is 0. The molecule has 2 heterocycles. The molecule has 0 saturated carbocycles. The standard InChI is InChI=1S/C18H12NO.C11H24O2.Ir/c1-12-9-10-19-16(11-12)15-7-4-6-14-13-5-2-3-8-17(13)20-18(14)15;1-10(2,3)8(12)7-9(13)11(4,5)6;/h2-6,8-11H,1H3;8-9,12-13H,7H2,1-6H3;/q-1;;. The summed E-state index contributed by atoms with van der Waals surface area (Å²) < 4.78 is 6.01. The van der Waals surface area contributed by atoms with Crippen molar-refractivity contribution in [3.05, 3.63) is 66.4 Å². The third kappa shape index (κ3) is 6.76. The molecular formula is C29H36IrNO3-. The molecule has 0 fully saturated rings. The number of nitrogens with zero attached hydrogens (tertiary/aromatic N) is 1. The van der Waals surface area contributed by atoms with E-state index < -0.39 is 12.2 Å². The molecule has 0 amide bonds. The van der Waals surface area contributed by atoms with Crippen molar-refractivity contribution in [1.29, 1.82) is 0 Å². The van der Waals surface area contributed by atoms with Gasteiger partial charge < -0.3 is 19.6 Å². The number of fused-ring (bicyclic) bond motifs is 3. The van der Waals surface area contributed by atoms with Crippen molar-refractivity contribution in [2.45, 2.75) is 67.1 Å². The van der Waals surface area contributed by atoms with Crippen LogP contribution < -0.4 is 0 Å². The molecule has 0 bridgehead atoms. The predicted octanol–water partition coefficient (Wildman–Crippen LogP) is 6.94. The molecule has 0 saturated heterocycles. The Bertz CT molecular complexity index is 1200. The molecule has 34 heavy (non-hydrogen) atoms. The average Bonchev–Trinajstić information content (AvgIpc) is 3.11. The molecule has 0 aliphatic carbocycles. The Hall–Kier alpha value is -2.04. The topological polar surface area (TPSA) is 66.5 Å². The summed E-state index contributed by atoms with van der Waals surface area (Å²) in [5.41, 5.74) is 4.45. The largest absolute Gasteiger partial charge is 0.501 e. The van der Waals surface area contributed by atoms with E-state index in [0.29, 0.717) is 6.42 Å². The van der Waals surface area contributed by atoms with Gasteiger partial charge in [0.05, 0.1) is 17.8 Å². The van der Waals surface area contributed by atoms with Crippen molar-refractivity contribution in [3.8, 4) is 11.3 Å². The Morgan fingerprint density at radius 3 is 2.12 bits per heavy atom. The number of aliphatic hydroxyl groups excluding tert-OH is 2. The van der Waals surface area contributed by atoms with Gasteiger partial charge in [0, 0.05) is 38.1 Å². The number of aromatic nitrogens is 1. The molecule has 1 radical (unpaired) electrons. The average molecular weight is 639 g/mol. The molecule has 4 nitrogen and oxygen atoms in total. The van der Waals surface area contributed by atoms with Gasteiger partial charge in [-0.15, -0.1) is 18.2 Å². The molecule has 2 unspecified atom stereocenters. The Balaban J connectivity index is 0.000000258. The quantitative estimate of drug-likeness (QED) is 0.239. The molecule has 2 aromatic heterocycles. The molecule has 0 aliphatic rings. The van der Waals surface area contributed by atoms with Crippen LogP contribution >= 0.6 is 0 Å². The van der Waals surface area contributed by atoms with Gasteiger partial charge in [-0.2, -0.15) is 0 Å². The Labute approximate surface area is 216 Å². The summed E-state index contributed by atoms with van der Waals surface area (Å²) >= 11 is 0. The maximum atomic E-state index is 9.76. The second kappa shape index (κ2) is 11.1. The van der Waals surface area contributed by atoms with Crippen LogP contribution in [0.25, 0.3) is 33.2 Å². The second-order valence-corrected chi connectivity index (χ2v) is 10.9. The number of hydrogen-bond donors (Lipinski definition) is 2. The van der Waals surface area contributed by atoms with Crippen LogP contribution in [-0.2, 0) is 20.1 Å². The van der Waals surface area contributed by atoms with Crippen molar-refractivity contribution in [1.82, 2.24) is 4.98 Å². The number of aryl methyl sites for hydroxylation is 1. The molecule has 4 rings (SSSR count). The van der Waals surface area contributed by atoms with Crippen LogP contribution in [0.15, 0.2) is 59.1 Å². The van der Waals surface area contributed by atoms with Crippen LogP contribution in [0.1, 0.15) is 53.5 Å². The number of furan rings is 1. The van der Waals surface area contributed by atoms with Crippen LogP contribution in [0.3, 0.4) is 0 Å². The summed E-state index contributed by atoms with van der Waals surface area (Å²) in [5.74, 6) is 0. The van der Waals surface area contributed by atoms with Crippen LogP contribution in [0.4, 0.5) is 0 Å². The van der Waals surface area contributed by atoms with Gasteiger partial charge in [-0.1, -0.05) is 82.3 Å². The summed E-state index contributed by atoms with van der Waals surface area (Å²) in [7, 11) is 0. The molecular weight excluding hydrogens is 603 g/mol. The van der Waals surface area contributed by atoms with Crippen molar-refractivity contribution in [2.24, 2.45) is 10.8 Å². The third-order valence-corrected chi connectivity index (χ3v) is 5.96. The van der Waals surface area contributed by atoms with Gasteiger partial charge in [-0.25, -0.2) is 0 Å². The van der Waals surface area contributed by atoms with E-state index in [-0.39, 0.29) is 30.9 Å². The maximum Gasteiger partial charge on any atom is 0.120 e. The first-order valence-corrected chi connectivity index (χ1v) is 11.5. The van der Waals surface area contributed by atoms with Gasteiger partial charge in [-0.05, 0) is 35.6 Å². The summed E-state index contributed by atoms with van der Waals surface area (Å²) in [6, 6.07) is 19.4. The minimum atomic E-state index is -0.443. The van der Waals surface area contributed by atoms with Gasteiger partial charge in [-0.3, -0.25) is 0 Å². The molecule has 2 N–H and O–H groups in total. The number of para-hydroxylation sites is 1. The van der Waals surface area contributed by atoms with Crippen LogP contribution in [0.2, 0.25) is 0 Å². The fourth-order valence-corrected chi connectivity index (χ4v) is 3.47. The summed E-state index contributed by atoms with van der Waals surface area (Å²) in [6.45, 7) is 13.9. The Morgan fingerprint density at radius 2 is 1.53 bits per heavy atom. The fourth-order valence-electron chi connectivity index (χ4n) is 3.47. The van der Waals surface area contributed by atoms with Gasteiger partial charge in [0.25, 0.3) is 0 Å². The van der Waals surface area contributed by atoms with E-state index in [1.165, 1.54) is 5.56 Å². The number of hydrogen-bond acceptors (Lipinski definition) is 4. The first kappa shape index (κ1) is 28.2. The number of rotatable bonds is 3. The van der Waals surface area contributed by atoms with Gasteiger partial charge in [0.2, 0.25) is 0 Å². The first-order valence-electron chi connectivity index (χ1n) is 11.5. The zero-order valence-electron chi connectivity index (χ0n) is 21.1. The molecule has 0 aliphatic heterocycles.